The maximum Gasteiger partial charge on any atom is 0.268 e. The number of rotatable bonds is 5. The van der Waals surface area contributed by atoms with Crippen LogP contribution in [0, 0.1) is 0 Å². The highest BCUT2D eigenvalue weighted by Crippen LogP contribution is 2.34. The molecule has 0 saturated carbocycles. The summed E-state index contributed by atoms with van der Waals surface area (Å²) in [4.78, 5) is 25.6. The number of para-hydroxylation sites is 2. The third-order valence-corrected chi connectivity index (χ3v) is 3.27. The number of hydrogen-bond donors (Lipinski definition) is 1. The Labute approximate surface area is 118 Å². The Kier molecular flexibility index (Phi) is 4.61. The topological polar surface area (TPSA) is 58.6 Å². The molecule has 0 bridgehead atoms. The molecule has 0 radical (unpaired) electrons. The average Bonchev–Trinajstić information content (AvgIpc) is 2.46. The van der Waals surface area contributed by atoms with Crippen LogP contribution in [0.2, 0.25) is 0 Å². The smallest absolute Gasteiger partial charge is 0.268 e. The summed E-state index contributed by atoms with van der Waals surface area (Å²) in [6.45, 7) is 4.77. The van der Waals surface area contributed by atoms with Crippen LogP contribution in [0.1, 0.15) is 26.7 Å². The maximum absolute atomic E-state index is 12.4. The molecule has 1 aromatic rings. The molecule has 5 nitrogen and oxygen atoms in total. The molecular formula is C15H20N2O3. The maximum atomic E-state index is 12.4. The third-order valence-electron chi connectivity index (χ3n) is 3.27. The van der Waals surface area contributed by atoms with E-state index in [2.05, 4.69) is 5.32 Å². The van der Waals surface area contributed by atoms with Crippen molar-refractivity contribution < 1.29 is 14.3 Å². The summed E-state index contributed by atoms with van der Waals surface area (Å²) < 4.78 is 5.69. The first-order valence-electron chi connectivity index (χ1n) is 7.01. The van der Waals surface area contributed by atoms with Crippen molar-refractivity contribution >= 4 is 17.5 Å². The normalized spacial score (nSPS) is 17.4. The highest BCUT2D eigenvalue weighted by molar-refractivity contribution is 6.00. The number of amides is 2. The van der Waals surface area contributed by atoms with Crippen molar-refractivity contribution in [3.05, 3.63) is 24.3 Å². The van der Waals surface area contributed by atoms with Crippen LogP contribution in [-0.4, -0.2) is 31.0 Å². The average molecular weight is 276 g/mol. The lowest BCUT2D eigenvalue weighted by Gasteiger charge is -2.33. The molecular weight excluding hydrogens is 256 g/mol. The molecule has 20 heavy (non-hydrogen) atoms. The zero-order valence-electron chi connectivity index (χ0n) is 11.9. The Morgan fingerprint density at radius 2 is 2.10 bits per heavy atom. The first kappa shape index (κ1) is 14.4. The van der Waals surface area contributed by atoms with E-state index in [1.807, 2.05) is 38.1 Å². The van der Waals surface area contributed by atoms with E-state index in [-0.39, 0.29) is 11.8 Å². The number of benzene rings is 1. The van der Waals surface area contributed by atoms with Gasteiger partial charge in [-0.25, -0.2) is 0 Å². The van der Waals surface area contributed by atoms with E-state index in [4.69, 9.17) is 4.74 Å². The summed E-state index contributed by atoms with van der Waals surface area (Å²) in [5.74, 6) is 0.586. The van der Waals surface area contributed by atoms with Gasteiger partial charge >= 0.3 is 0 Å². The Morgan fingerprint density at radius 3 is 2.80 bits per heavy atom. The van der Waals surface area contributed by atoms with E-state index in [1.54, 1.807) is 4.90 Å². The zero-order chi connectivity index (χ0) is 14.5. The Hall–Kier alpha value is -2.04. The molecule has 0 saturated heterocycles. The number of hydrogen-bond acceptors (Lipinski definition) is 3. The Morgan fingerprint density at radius 1 is 1.35 bits per heavy atom. The molecule has 1 heterocycles. The molecule has 1 N–H and O–H groups in total. The highest BCUT2D eigenvalue weighted by atomic mass is 16.5. The van der Waals surface area contributed by atoms with Crippen molar-refractivity contribution in [1.82, 2.24) is 5.32 Å². The van der Waals surface area contributed by atoms with Gasteiger partial charge in [0, 0.05) is 19.5 Å². The summed E-state index contributed by atoms with van der Waals surface area (Å²) >= 11 is 0. The largest absolute Gasteiger partial charge is 0.478 e. The molecule has 2 rings (SSSR count). The van der Waals surface area contributed by atoms with Crippen molar-refractivity contribution in [3.8, 4) is 5.75 Å². The number of fused-ring (bicyclic) bond motifs is 1. The van der Waals surface area contributed by atoms with E-state index in [9.17, 15) is 9.59 Å². The molecule has 2 amide bonds. The van der Waals surface area contributed by atoms with Crippen LogP contribution >= 0.6 is 0 Å². The number of nitrogens with one attached hydrogen (secondary N) is 1. The van der Waals surface area contributed by atoms with Gasteiger partial charge in [0.05, 0.1) is 5.69 Å². The van der Waals surface area contributed by atoms with E-state index < -0.39 is 6.10 Å². The van der Waals surface area contributed by atoms with Crippen molar-refractivity contribution in [1.29, 1.82) is 0 Å². The second-order valence-electron chi connectivity index (χ2n) is 4.68. The molecule has 1 unspecified atom stereocenters. The molecule has 1 aliphatic heterocycles. The standard InChI is InChI=1S/C15H20N2O3/c1-3-12-15(19)17(10-9-14(18)16-4-2)11-7-5-6-8-13(11)20-12/h5-8,12H,3-4,9-10H2,1-2H3,(H,16,18). The van der Waals surface area contributed by atoms with Crippen LogP contribution in [0.5, 0.6) is 5.75 Å². The van der Waals surface area contributed by atoms with Crippen LogP contribution in [0.15, 0.2) is 24.3 Å². The molecule has 0 spiro atoms. The highest BCUT2D eigenvalue weighted by Gasteiger charge is 2.32. The minimum absolute atomic E-state index is 0.0441. The van der Waals surface area contributed by atoms with Gasteiger partial charge < -0.3 is 15.0 Å². The molecule has 0 aliphatic carbocycles. The van der Waals surface area contributed by atoms with Crippen molar-refractivity contribution in [2.24, 2.45) is 0 Å². The van der Waals surface area contributed by atoms with Gasteiger partial charge in [0.15, 0.2) is 6.10 Å². The fourth-order valence-corrected chi connectivity index (χ4v) is 2.26. The summed E-state index contributed by atoms with van der Waals surface area (Å²) in [5, 5.41) is 2.74. The van der Waals surface area contributed by atoms with Crippen LogP contribution in [0.25, 0.3) is 0 Å². The van der Waals surface area contributed by atoms with Gasteiger partial charge in [-0.05, 0) is 25.5 Å². The van der Waals surface area contributed by atoms with Gasteiger partial charge in [-0.15, -0.1) is 0 Å². The number of anilines is 1. The van der Waals surface area contributed by atoms with Gasteiger partial charge in [0.1, 0.15) is 5.75 Å². The lowest BCUT2D eigenvalue weighted by molar-refractivity contribution is -0.126. The first-order chi connectivity index (χ1) is 9.67. The SMILES string of the molecule is CCNC(=O)CCN1C(=O)C(CC)Oc2ccccc21. The van der Waals surface area contributed by atoms with Crippen LogP contribution < -0.4 is 15.0 Å². The fourth-order valence-electron chi connectivity index (χ4n) is 2.26. The monoisotopic (exact) mass is 276 g/mol. The second-order valence-corrected chi connectivity index (χ2v) is 4.68. The number of carbonyl (C=O) groups is 2. The minimum atomic E-state index is -0.459. The first-order valence-corrected chi connectivity index (χ1v) is 7.01. The number of nitrogens with zero attached hydrogens (tertiary/aromatic N) is 1. The van der Waals surface area contributed by atoms with E-state index in [1.165, 1.54) is 0 Å². The second kappa shape index (κ2) is 6.41. The van der Waals surface area contributed by atoms with Crippen LogP contribution in [0.3, 0.4) is 0 Å². The predicted molar refractivity (Wildman–Crippen MR) is 76.8 cm³/mol. The lowest BCUT2D eigenvalue weighted by Crippen LogP contribution is -2.46. The van der Waals surface area contributed by atoms with Crippen molar-refractivity contribution in [2.75, 3.05) is 18.0 Å². The molecule has 1 aliphatic rings. The Bertz CT molecular complexity index is 502. The molecule has 0 aromatic heterocycles. The van der Waals surface area contributed by atoms with E-state index in [0.29, 0.717) is 31.7 Å². The summed E-state index contributed by atoms with van der Waals surface area (Å²) in [6.07, 6.45) is 0.453. The van der Waals surface area contributed by atoms with Gasteiger partial charge in [-0.1, -0.05) is 19.1 Å². The molecule has 0 fully saturated rings. The van der Waals surface area contributed by atoms with Gasteiger partial charge in [0.2, 0.25) is 5.91 Å². The predicted octanol–water partition coefficient (Wildman–Crippen LogP) is 1.72. The van der Waals surface area contributed by atoms with Crippen LogP contribution in [-0.2, 0) is 9.59 Å². The van der Waals surface area contributed by atoms with E-state index >= 15 is 0 Å². The van der Waals surface area contributed by atoms with Crippen molar-refractivity contribution in [2.45, 2.75) is 32.8 Å². The summed E-state index contributed by atoms with van der Waals surface area (Å²) in [6, 6.07) is 7.44. The van der Waals surface area contributed by atoms with Gasteiger partial charge in [0.25, 0.3) is 5.91 Å². The van der Waals surface area contributed by atoms with Gasteiger partial charge in [-0.2, -0.15) is 0 Å². The Balaban J connectivity index is 2.16. The molecule has 108 valence electrons. The third kappa shape index (κ3) is 2.92. The summed E-state index contributed by atoms with van der Waals surface area (Å²) in [7, 11) is 0. The fraction of sp³-hybridized carbons (Fsp3) is 0.467. The van der Waals surface area contributed by atoms with E-state index in [0.717, 1.165) is 5.69 Å². The van der Waals surface area contributed by atoms with Crippen molar-refractivity contribution in [3.63, 3.8) is 0 Å². The van der Waals surface area contributed by atoms with Crippen LogP contribution in [0.4, 0.5) is 5.69 Å². The number of ether oxygens (including phenoxy) is 1. The zero-order valence-corrected chi connectivity index (χ0v) is 11.9. The summed E-state index contributed by atoms with van der Waals surface area (Å²) in [5.41, 5.74) is 0.742. The number of carbonyl (C=O) groups excluding carboxylic acids is 2. The molecule has 1 atom stereocenters. The molecule has 5 heteroatoms. The lowest BCUT2D eigenvalue weighted by atomic mass is 10.1. The molecule has 1 aromatic carbocycles. The quantitative estimate of drug-likeness (QED) is 0.890. The minimum Gasteiger partial charge on any atom is -0.478 e. The van der Waals surface area contributed by atoms with Gasteiger partial charge in [-0.3, -0.25) is 9.59 Å².